The van der Waals surface area contributed by atoms with Crippen LogP contribution in [0.15, 0.2) is 29.6 Å². The van der Waals surface area contributed by atoms with E-state index in [2.05, 4.69) is 30.1 Å². The van der Waals surface area contributed by atoms with Gasteiger partial charge < -0.3 is 9.64 Å². The Balaban J connectivity index is 2.06. The number of hydrogen-bond acceptors (Lipinski definition) is 5. The zero-order valence-electron chi connectivity index (χ0n) is 11.9. The fourth-order valence-electron chi connectivity index (χ4n) is 1.89. The van der Waals surface area contributed by atoms with Crippen LogP contribution in [0.25, 0.3) is 0 Å². The second-order valence-electron chi connectivity index (χ2n) is 4.58. The average Bonchev–Trinajstić information content (AvgIpc) is 2.88. The lowest BCUT2D eigenvalue weighted by Crippen LogP contribution is -2.16. The maximum absolute atomic E-state index is 11.6. The number of hydrogen-bond donors (Lipinski definition) is 0. The average molecular weight is 290 g/mol. The van der Waals surface area contributed by atoms with Crippen LogP contribution in [0.1, 0.15) is 28.5 Å². The van der Waals surface area contributed by atoms with Gasteiger partial charge >= 0.3 is 5.97 Å². The van der Waals surface area contributed by atoms with Crippen molar-refractivity contribution < 1.29 is 9.53 Å². The highest BCUT2D eigenvalue weighted by Gasteiger charge is 2.14. The smallest absolute Gasteiger partial charge is 0.357 e. The Morgan fingerprint density at radius 1 is 1.45 bits per heavy atom. The lowest BCUT2D eigenvalue weighted by Gasteiger charge is -2.15. The number of rotatable bonds is 5. The summed E-state index contributed by atoms with van der Waals surface area (Å²) in [5.74, 6) is -0.362. The van der Waals surface area contributed by atoms with E-state index in [0.29, 0.717) is 12.3 Å². The van der Waals surface area contributed by atoms with Gasteiger partial charge in [-0.3, -0.25) is 0 Å². The lowest BCUT2D eigenvalue weighted by molar-refractivity contribution is 0.0520. The third-order valence-electron chi connectivity index (χ3n) is 2.81. The zero-order chi connectivity index (χ0) is 14.5. The molecule has 0 radical (unpaired) electrons. The van der Waals surface area contributed by atoms with Crippen molar-refractivity contribution in [1.29, 1.82) is 0 Å². The van der Waals surface area contributed by atoms with Crippen molar-refractivity contribution >= 4 is 22.4 Å². The molecule has 0 N–H and O–H groups in total. The van der Waals surface area contributed by atoms with Gasteiger partial charge in [0.15, 0.2) is 10.8 Å². The number of nitrogens with zero attached hydrogens (tertiary/aromatic N) is 2. The summed E-state index contributed by atoms with van der Waals surface area (Å²) < 4.78 is 4.94. The maximum Gasteiger partial charge on any atom is 0.357 e. The summed E-state index contributed by atoms with van der Waals surface area (Å²) in [5, 5.41) is 2.55. The molecule has 0 aliphatic heterocycles. The Morgan fingerprint density at radius 2 is 2.25 bits per heavy atom. The summed E-state index contributed by atoms with van der Waals surface area (Å²) >= 11 is 1.45. The molecule has 2 aromatic rings. The third-order valence-corrected chi connectivity index (χ3v) is 3.76. The number of carbonyl (C=O) groups excluding carboxylic acids is 1. The lowest BCUT2D eigenvalue weighted by atomic mass is 10.1. The molecule has 1 aromatic carbocycles. The maximum atomic E-state index is 11.6. The van der Waals surface area contributed by atoms with Gasteiger partial charge in [0.25, 0.3) is 0 Å². The normalized spacial score (nSPS) is 10.3. The minimum Gasteiger partial charge on any atom is -0.461 e. The Bertz CT molecular complexity index is 595. The number of esters is 1. The SMILES string of the molecule is CCOC(=O)c1csc(N(C)Cc2cccc(C)c2)n1. The summed E-state index contributed by atoms with van der Waals surface area (Å²) in [6.07, 6.45) is 0. The van der Waals surface area contributed by atoms with Gasteiger partial charge in [0.05, 0.1) is 6.61 Å². The van der Waals surface area contributed by atoms with Gasteiger partial charge in [-0.25, -0.2) is 9.78 Å². The van der Waals surface area contributed by atoms with E-state index in [1.165, 1.54) is 22.5 Å². The van der Waals surface area contributed by atoms with Crippen molar-refractivity contribution in [3.63, 3.8) is 0 Å². The number of aromatic nitrogens is 1. The summed E-state index contributed by atoms with van der Waals surface area (Å²) in [7, 11) is 1.97. The minimum absolute atomic E-state index is 0.362. The first-order valence-electron chi connectivity index (χ1n) is 6.49. The molecule has 0 bridgehead atoms. The highest BCUT2D eigenvalue weighted by atomic mass is 32.1. The van der Waals surface area contributed by atoms with Crippen LogP contribution >= 0.6 is 11.3 Å². The van der Waals surface area contributed by atoms with Crippen LogP contribution in [0.2, 0.25) is 0 Å². The molecule has 0 aliphatic carbocycles. The molecule has 0 fully saturated rings. The number of benzene rings is 1. The Kier molecular flexibility index (Phi) is 4.74. The third kappa shape index (κ3) is 3.57. The number of carbonyl (C=O) groups is 1. The fourth-order valence-corrected chi connectivity index (χ4v) is 2.65. The number of ether oxygens (including phenoxy) is 1. The van der Waals surface area contributed by atoms with E-state index in [-0.39, 0.29) is 5.97 Å². The van der Waals surface area contributed by atoms with Crippen molar-refractivity contribution in [2.45, 2.75) is 20.4 Å². The van der Waals surface area contributed by atoms with E-state index < -0.39 is 0 Å². The summed E-state index contributed by atoms with van der Waals surface area (Å²) in [6.45, 7) is 4.99. The van der Waals surface area contributed by atoms with Crippen LogP contribution in [0.5, 0.6) is 0 Å². The van der Waals surface area contributed by atoms with Crippen LogP contribution in [-0.4, -0.2) is 24.6 Å². The van der Waals surface area contributed by atoms with Crippen LogP contribution in [-0.2, 0) is 11.3 Å². The molecule has 0 atom stereocenters. The second-order valence-corrected chi connectivity index (χ2v) is 5.42. The molecule has 1 heterocycles. The second kappa shape index (κ2) is 6.52. The Hall–Kier alpha value is -1.88. The standard InChI is InChI=1S/C15H18N2O2S/c1-4-19-14(18)13-10-20-15(16-13)17(3)9-12-7-5-6-11(2)8-12/h5-8,10H,4,9H2,1-3H3. The van der Waals surface area contributed by atoms with E-state index in [1.54, 1.807) is 12.3 Å². The summed E-state index contributed by atoms with van der Waals surface area (Å²) in [6, 6.07) is 8.36. The fraction of sp³-hybridized carbons (Fsp3) is 0.333. The molecule has 0 spiro atoms. The molecule has 20 heavy (non-hydrogen) atoms. The Morgan fingerprint density at radius 3 is 2.95 bits per heavy atom. The zero-order valence-corrected chi connectivity index (χ0v) is 12.7. The highest BCUT2D eigenvalue weighted by Crippen LogP contribution is 2.21. The molecule has 1 aromatic heterocycles. The van der Waals surface area contributed by atoms with Crippen molar-refractivity contribution in [3.8, 4) is 0 Å². The van der Waals surface area contributed by atoms with E-state index >= 15 is 0 Å². The van der Waals surface area contributed by atoms with Crippen molar-refractivity contribution in [3.05, 3.63) is 46.5 Å². The van der Waals surface area contributed by atoms with Crippen LogP contribution in [0, 0.1) is 6.92 Å². The molecule has 0 aliphatic rings. The van der Waals surface area contributed by atoms with Gasteiger partial charge in [-0.2, -0.15) is 0 Å². The molecule has 106 valence electrons. The van der Waals surface area contributed by atoms with Crippen LogP contribution in [0.4, 0.5) is 5.13 Å². The van der Waals surface area contributed by atoms with Gasteiger partial charge in [0.1, 0.15) is 0 Å². The first-order valence-corrected chi connectivity index (χ1v) is 7.37. The Labute approximate surface area is 123 Å². The molecule has 2 rings (SSSR count). The number of anilines is 1. The molecule has 0 amide bonds. The van der Waals surface area contributed by atoms with E-state index in [1.807, 2.05) is 18.0 Å². The number of thiazole rings is 1. The summed E-state index contributed by atoms with van der Waals surface area (Å²) in [4.78, 5) is 17.9. The summed E-state index contributed by atoms with van der Waals surface area (Å²) in [5.41, 5.74) is 2.84. The molecule has 0 saturated heterocycles. The predicted molar refractivity (Wildman–Crippen MR) is 81.4 cm³/mol. The molecule has 0 unspecified atom stereocenters. The topological polar surface area (TPSA) is 42.4 Å². The van der Waals surface area contributed by atoms with Gasteiger partial charge in [-0.15, -0.1) is 11.3 Å². The quantitative estimate of drug-likeness (QED) is 0.793. The first kappa shape index (κ1) is 14.5. The first-order chi connectivity index (χ1) is 9.60. The number of aryl methyl sites for hydroxylation is 1. The molecule has 4 nitrogen and oxygen atoms in total. The predicted octanol–water partition coefficient (Wildman–Crippen LogP) is 3.26. The van der Waals surface area contributed by atoms with Gasteiger partial charge in [0.2, 0.25) is 0 Å². The van der Waals surface area contributed by atoms with Crippen molar-refractivity contribution in [2.75, 3.05) is 18.6 Å². The molecule has 5 heteroatoms. The van der Waals surface area contributed by atoms with E-state index in [9.17, 15) is 4.79 Å². The molecular weight excluding hydrogens is 272 g/mol. The van der Waals surface area contributed by atoms with Gasteiger partial charge in [-0.05, 0) is 19.4 Å². The highest BCUT2D eigenvalue weighted by molar-refractivity contribution is 7.13. The van der Waals surface area contributed by atoms with Gasteiger partial charge in [-0.1, -0.05) is 29.8 Å². The van der Waals surface area contributed by atoms with E-state index in [0.717, 1.165) is 11.7 Å². The molecule has 0 saturated carbocycles. The minimum atomic E-state index is -0.362. The van der Waals surface area contributed by atoms with Crippen molar-refractivity contribution in [1.82, 2.24) is 4.98 Å². The van der Waals surface area contributed by atoms with E-state index in [4.69, 9.17) is 4.74 Å². The monoisotopic (exact) mass is 290 g/mol. The van der Waals surface area contributed by atoms with Crippen LogP contribution < -0.4 is 4.90 Å². The molecular formula is C15H18N2O2S. The van der Waals surface area contributed by atoms with Gasteiger partial charge in [0, 0.05) is 19.0 Å². The van der Waals surface area contributed by atoms with Crippen molar-refractivity contribution in [2.24, 2.45) is 0 Å². The largest absolute Gasteiger partial charge is 0.461 e. The van der Waals surface area contributed by atoms with Crippen LogP contribution in [0.3, 0.4) is 0 Å².